The molecule has 2 aromatic carbocycles. The molecular formula is C18H15ClN2OS. The van der Waals surface area contributed by atoms with E-state index in [0.29, 0.717) is 10.7 Å². The molecule has 0 spiro atoms. The van der Waals surface area contributed by atoms with Crippen molar-refractivity contribution in [1.29, 1.82) is 0 Å². The van der Waals surface area contributed by atoms with Gasteiger partial charge in [-0.3, -0.25) is 4.79 Å². The second-order valence-electron chi connectivity index (χ2n) is 5.10. The number of ketones is 1. The first-order chi connectivity index (χ1) is 11.1. The summed E-state index contributed by atoms with van der Waals surface area (Å²) in [5, 5.41) is 5.13. The number of rotatable bonds is 4. The smallest absolute Gasteiger partial charge is 0.180 e. The molecule has 23 heavy (non-hydrogen) atoms. The summed E-state index contributed by atoms with van der Waals surface area (Å²) in [5.41, 5.74) is 3.11. The molecule has 0 fully saturated rings. The Labute approximate surface area is 144 Å². The first-order valence-electron chi connectivity index (χ1n) is 7.09. The normalized spacial score (nSPS) is 10.7. The van der Waals surface area contributed by atoms with E-state index in [1.165, 1.54) is 11.8 Å². The Balaban J connectivity index is 2.07. The zero-order valence-electron chi connectivity index (χ0n) is 12.8. The van der Waals surface area contributed by atoms with E-state index < -0.39 is 0 Å². The van der Waals surface area contributed by atoms with E-state index in [1.54, 1.807) is 16.4 Å². The van der Waals surface area contributed by atoms with Gasteiger partial charge in [-0.05, 0) is 48.2 Å². The molecule has 0 saturated carbocycles. The lowest BCUT2D eigenvalue weighted by Gasteiger charge is -2.02. The van der Waals surface area contributed by atoms with E-state index in [1.807, 2.05) is 61.0 Å². The standard InChI is InChI=1S/C18H15ClN2OS/c1-12(22)18-17(13-3-5-14(19)6-4-13)11-21(20-18)15-7-9-16(23-2)10-8-15/h3-11H,1-2H3. The topological polar surface area (TPSA) is 34.9 Å². The van der Waals surface area contributed by atoms with E-state index in [2.05, 4.69) is 5.10 Å². The van der Waals surface area contributed by atoms with Crippen LogP contribution >= 0.6 is 23.4 Å². The molecule has 3 rings (SSSR count). The second kappa shape index (κ2) is 6.60. The summed E-state index contributed by atoms with van der Waals surface area (Å²) in [6, 6.07) is 15.5. The zero-order chi connectivity index (χ0) is 16.4. The fourth-order valence-electron chi connectivity index (χ4n) is 2.34. The first-order valence-corrected chi connectivity index (χ1v) is 8.70. The van der Waals surface area contributed by atoms with Crippen molar-refractivity contribution in [3.63, 3.8) is 0 Å². The van der Waals surface area contributed by atoms with Crippen LogP contribution in [0.15, 0.2) is 59.6 Å². The minimum Gasteiger partial charge on any atom is -0.293 e. The Kier molecular flexibility index (Phi) is 4.55. The SMILES string of the molecule is CSc1ccc(-n2cc(-c3ccc(Cl)cc3)c(C(C)=O)n2)cc1. The lowest BCUT2D eigenvalue weighted by atomic mass is 10.1. The van der Waals surface area contributed by atoms with Gasteiger partial charge in [0.25, 0.3) is 0 Å². The molecule has 0 aliphatic carbocycles. The molecule has 3 nitrogen and oxygen atoms in total. The fourth-order valence-corrected chi connectivity index (χ4v) is 2.88. The minimum atomic E-state index is -0.0607. The Bertz CT molecular complexity index is 838. The molecule has 0 atom stereocenters. The number of halogens is 1. The maximum absolute atomic E-state index is 11.9. The van der Waals surface area contributed by atoms with Crippen molar-refractivity contribution in [3.05, 3.63) is 65.4 Å². The number of thioether (sulfide) groups is 1. The average Bonchev–Trinajstić information content (AvgIpc) is 3.01. The third kappa shape index (κ3) is 3.33. The largest absolute Gasteiger partial charge is 0.293 e. The van der Waals surface area contributed by atoms with Crippen LogP contribution in [0.2, 0.25) is 5.02 Å². The average molecular weight is 343 g/mol. The van der Waals surface area contributed by atoms with E-state index in [0.717, 1.165) is 16.8 Å². The Morgan fingerprint density at radius 3 is 2.30 bits per heavy atom. The number of nitrogens with zero attached hydrogens (tertiary/aromatic N) is 2. The van der Waals surface area contributed by atoms with Crippen LogP contribution in [0.4, 0.5) is 0 Å². The molecule has 0 radical (unpaired) electrons. The molecule has 5 heteroatoms. The Morgan fingerprint density at radius 2 is 1.74 bits per heavy atom. The van der Waals surface area contributed by atoms with Crippen LogP contribution in [-0.2, 0) is 0 Å². The van der Waals surface area contributed by atoms with Crippen molar-refractivity contribution >= 4 is 29.1 Å². The van der Waals surface area contributed by atoms with Crippen molar-refractivity contribution < 1.29 is 4.79 Å². The van der Waals surface area contributed by atoms with Crippen LogP contribution in [0, 0.1) is 0 Å². The molecule has 0 amide bonds. The highest BCUT2D eigenvalue weighted by Crippen LogP contribution is 2.27. The summed E-state index contributed by atoms with van der Waals surface area (Å²) in [6.45, 7) is 1.53. The molecule has 1 aromatic heterocycles. The van der Waals surface area contributed by atoms with Crippen LogP contribution in [0.1, 0.15) is 17.4 Å². The zero-order valence-corrected chi connectivity index (χ0v) is 14.4. The number of aromatic nitrogens is 2. The van der Waals surface area contributed by atoms with Crippen molar-refractivity contribution in [3.8, 4) is 16.8 Å². The van der Waals surface area contributed by atoms with Crippen LogP contribution < -0.4 is 0 Å². The maximum atomic E-state index is 11.9. The third-order valence-electron chi connectivity index (χ3n) is 3.54. The molecule has 0 aliphatic rings. The summed E-state index contributed by atoms with van der Waals surface area (Å²) in [5.74, 6) is -0.0607. The van der Waals surface area contributed by atoms with Crippen molar-refractivity contribution in [1.82, 2.24) is 9.78 Å². The molecular weight excluding hydrogens is 328 g/mol. The lowest BCUT2D eigenvalue weighted by molar-refractivity contribution is 0.101. The van der Waals surface area contributed by atoms with Gasteiger partial charge in [0, 0.05) is 28.6 Å². The fraction of sp³-hybridized carbons (Fsp3) is 0.111. The van der Waals surface area contributed by atoms with Crippen LogP contribution in [0.25, 0.3) is 16.8 Å². The summed E-state index contributed by atoms with van der Waals surface area (Å²) < 4.78 is 1.74. The van der Waals surface area contributed by atoms with Gasteiger partial charge in [0.15, 0.2) is 5.78 Å². The van der Waals surface area contributed by atoms with E-state index in [-0.39, 0.29) is 5.78 Å². The lowest BCUT2D eigenvalue weighted by Crippen LogP contribution is -1.99. The van der Waals surface area contributed by atoms with Crippen molar-refractivity contribution in [2.24, 2.45) is 0 Å². The quantitative estimate of drug-likeness (QED) is 0.487. The van der Waals surface area contributed by atoms with Gasteiger partial charge in [-0.1, -0.05) is 23.7 Å². The molecule has 0 N–H and O–H groups in total. The number of Topliss-reactive ketones (excluding diaryl/α,β-unsaturated/α-hetero) is 1. The van der Waals surface area contributed by atoms with Crippen molar-refractivity contribution in [2.45, 2.75) is 11.8 Å². The van der Waals surface area contributed by atoms with Gasteiger partial charge in [0.05, 0.1) is 5.69 Å². The van der Waals surface area contributed by atoms with Crippen LogP contribution in [0.5, 0.6) is 0 Å². The van der Waals surface area contributed by atoms with Gasteiger partial charge in [-0.25, -0.2) is 4.68 Å². The highest BCUT2D eigenvalue weighted by molar-refractivity contribution is 7.98. The van der Waals surface area contributed by atoms with Gasteiger partial charge in [-0.15, -0.1) is 11.8 Å². The van der Waals surface area contributed by atoms with Gasteiger partial charge in [-0.2, -0.15) is 5.10 Å². The molecule has 0 saturated heterocycles. The maximum Gasteiger partial charge on any atom is 0.180 e. The highest BCUT2D eigenvalue weighted by Gasteiger charge is 2.15. The summed E-state index contributed by atoms with van der Waals surface area (Å²) >= 11 is 7.63. The second-order valence-corrected chi connectivity index (χ2v) is 6.41. The molecule has 0 bridgehead atoms. The predicted octanol–water partition coefficient (Wildman–Crippen LogP) is 5.12. The van der Waals surface area contributed by atoms with E-state index in [9.17, 15) is 4.79 Å². The van der Waals surface area contributed by atoms with Gasteiger partial charge in [0.2, 0.25) is 0 Å². The Hall–Kier alpha value is -2.04. The Morgan fingerprint density at radius 1 is 1.09 bits per heavy atom. The molecule has 1 heterocycles. The summed E-state index contributed by atoms with van der Waals surface area (Å²) in [4.78, 5) is 13.1. The predicted molar refractivity (Wildman–Crippen MR) is 95.8 cm³/mol. The van der Waals surface area contributed by atoms with E-state index >= 15 is 0 Å². The van der Waals surface area contributed by atoms with Crippen LogP contribution in [0.3, 0.4) is 0 Å². The van der Waals surface area contributed by atoms with E-state index in [4.69, 9.17) is 11.6 Å². The van der Waals surface area contributed by atoms with Gasteiger partial charge >= 0.3 is 0 Å². The van der Waals surface area contributed by atoms with Gasteiger partial charge < -0.3 is 0 Å². The molecule has 3 aromatic rings. The number of hydrogen-bond donors (Lipinski definition) is 0. The molecule has 116 valence electrons. The number of carbonyl (C=O) groups excluding carboxylic acids is 1. The monoisotopic (exact) mass is 342 g/mol. The summed E-state index contributed by atoms with van der Waals surface area (Å²) in [6.07, 6.45) is 3.92. The molecule has 0 aliphatic heterocycles. The van der Waals surface area contributed by atoms with Crippen molar-refractivity contribution in [2.75, 3.05) is 6.26 Å². The minimum absolute atomic E-state index is 0.0607. The highest BCUT2D eigenvalue weighted by atomic mass is 35.5. The van der Waals surface area contributed by atoms with Gasteiger partial charge in [0.1, 0.15) is 5.69 Å². The number of benzene rings is 2. The molecule has 0 unspecified atom stereocenters. The third-order valence-corrected chi connectivity index (χ3v) is 4.54. The first kappa shape index (κ1) is 15.8. The number of carbonyl (C=O) groups is 1. The number of hydrogen-bond acceptors (Lipinski definition) is 3. The summed E-state index contributed by atoms with van der Waals surface area (Å²) in [7, 11) is 0. The van der Waals surface area contributed by atoms with Crippen LogP contribution in [-0.4, -0.2) is 21.8 Å².